The molecule has 1 aromatic heterocycles. The highest BCUT2D eigenvalue weighted by Gasteiger charge is 2.06. The van der Waals surface area contributed by atoms with Crippen LogP contribution in [0.5, 0.6) is 0 Å². The van der Waals surface area contributed by atoms with Crippen LogP contribution >= 0.6 is 11.3 Å². The highest BCUT2D eigenvalue weighted by molar-refractivity contribution is 7.10. The number of nitrogens with zero attached hydrogens (tertiary/aromatic N) is 1. The lowest BCUT2D eigenvalue weighted by molar-refractivity contribution is -0.115. The molecule has 3 nitrogen and oxygen atoms in total. The van der Waals surface area contributed by atoms with Crippen molar-refractivity contribution in [3.05, 3.63) is 46.3 Å². The van der Waals surface area contributed by atoms with E-state index in [9.17, 15) is 4.79 Å². The van der Waals surface area contributed by atoms with Gasteiger partial charge in [-0.05, 0) is 11.5 Å². The minimum atomic E-state index is -0.0925. The molecule has 0 atom stereocenters. The first-order valence-corrected chi connectivity index (χ1v) is 5.92. The third-order valence-electron chi connectivity index (χ3n) is 2.10. The average Bonchev–Trinajstić information content (AvgIpc) is 2.78. The Bertz CT molecular complexity index is 554. The number of carbonyl (C=O) groups excluding carboxylic acids is 1. The molecule has 0 fully saturated rings. The van der Waals surface area contributed by atoms with Crippen LogP contribution in [0.4, 0.5) is 5.82 Å². The lowest BCUT2D eigenvalue weighted by Crippen LogP contribution is -2.14. The zero-order chi connectivity index (χ0) is 12.1. The van der Waals surface area contributed by atoms with Crippen LogP contribution in [0, 0.1) is 12.3 Å². The Kier molecular flexibility index (Phi) is 3.53. The second-order valence-electron chi connectivity index (χ2n) is 3.39. The van der Waals surface area contributed by atoms with Gasteiger partial charge in [-0.15, -0.1) is 17.8 Å². The molecule has 0 aliphatic rings. The van der Waals surface area contributed by atoms with Gasteiger partial charge in [0.1, 0.15) is 5.82 Å². The van der Waals surface area contributed by atoms with Crippen molar-refractivity contribution in [3.63, 3.8) is 0 Å². The normalized spacial score (nSPS) is 9.59. The van der Waals surface area contributed by atoms with Crippen LogP contribution < -0.4 is 5.32 Å². The topological polar surface area (TPSA) is 42.0 Å². The number of carbonyl (C=O) groups is 1. The van der Waals surface area contributed by atoms with E-state index in [1.54, 1.807) is 5.38 Å². The van der Waals surface area contributed by atoms with E-state index < -0.39 is 0 Å². The molecule has 2 rings (SSSR count). The number of benzene rings is 1. The van der Waals surface area contributed by atoms with Gasteiger partial charge < -0.3 is 5.32 Å². The maximum absolute atomic E-state index is 11.7. The molecule has 84 valence electrons. The van der Waals surface area contributed by atoms with Crippen molar-refractivity contribution >= 4 is 23.1 Å². The Morgan fingerprint density at radius 1 is 1.41 bits per heavy atom. The smallest absolute Gasteiger partial charge is 0.229 e. The summed E-state index contributed by atoms with van der Waals surface area (Å²) in [5, 5.41) is 5.01. The SMILES string of the molecule is C#Cc1nc(NC(=O)Cc2ccccc2)cs1. The van der Waals surface area contributed by atoms with E-state index in [1.807, 2.05) is 30.3 Å². The second kappa shape index (κ2) is 5.28. The standard InChI is InChI=1S/C13H10N2OS/c1-2-13-15-11(9-17-13)14-12(16)8-10-6-4-3-5-7-10/h1,3-7,9H,8H2,(H,14,16). The van der Waals surface area contributed by atoms with Crippen LogP contribution in [0.1, 0.15) is 10.6 Å². The summed E-state index contributed by atoms with van der Waals surface area (Å²) in [6.45, 7) is 0. The lowest BCUT2D eigenvalue weighted by Gasteiger charge is -2.01. The fraction of sp³-hybridized carbons (Fsp3) is 0.0769. The first-order chi connectivity index (χ1) is 8.28. The summed E-state index contributed by atoms with van der Waals surface area (Å²) in [4.78, 5) is 15.7. The van der Waals surface area contributed by atoms with E-state index in [4.69, 9.17) is 6.42 Å². The third kappa shape index (κ3) is 3.16. The molecule has 0 aliphatic carbocycles. The highest BCUT2D eigenvalue weighted by atomic mass is 32.1. The zero-order valence-corrected chi connectivity index (χ0v) is 9.83. The second-order valence-corrected chi connectivity index (χ2v) is 4.25. The summed E-state index contributed by atoms with van der Waals surface area (Å²) in [5.74, 6) is 2.85. The first-order valence-electron chi connectivity index (χ1n) is 5.04. The zero-order valence-electron chi connectivity index (χ0n) is 9.01. The predicted molar refractivity (Wildman–Crippen MR) is 68.8 cm³/mol. The van der Waals surface area contributed by atoms with Crippen molar-refractivity contribution in [3.8, 4) is 12.3 Å². The number of hydrogen-bond donors (Lipinski definition) is 1. The molecule has 2 aromatic rings. The number of aromatic nitrogens is 1. The van der Waals surface area contributed by atoms with Gasteiger partial charge in [-0.2, -0.15) is 0 Å². The molecule has 1 aromatic carbocycles. The Hall–Kier alpha value is -2.12. The number of nitrogens with one attached hydrogen (secondary N) is 1. The molecule has 0 saturated carbocycles. The average molecular weight is 242 g/mol. The van der Waals surface area contributed by atoms with Gasteiger partial charge in [-0.25, -0.2) is 4.98 Å². The van der Waals surface area contributed by atoms with E-state index in [0.29, 0.717) is 17.2 Å². The predicted octanol–water partition coefficient (Wildman–Crippen LogP) is 2.31. The van der Waals surface area contributed by atoms with Crippen molar-refractivity contribution in [1.29, 1.82) is 0 Å². The molecular weight excluding hydrogens is 232 g/mol. The van der Waals surface area contributed by atoms with Crippen molar-refractivity contribution in [2.75, 3.05) is 5.32 Å². The fourth-order valence-electron chi connectivity index (χ4n) is 1.37. The molecular formula is C13H10N2OS. The number of hydrogen-bond acceptors (Lipinski definition) is 3. The molecule has 1 heterocycles. The number of terminal acetylenes is 1. The minimum Gasteiger partial charge on any atom is -0.310 e. The van der Waals surface area contributed by atoms with Crippen LogP contribution in [0.3, 0.4) is 0 Å². The number of amides is 1. The van der Waals surface area contributed by atoms with Crippen LogP contribution in [-0.2, 0) is 11.2 Å². The van der Waals surface area contributed by atoms with Crippen molar-refractivity contribution < 1.29 is 4.79 Å². The Morgan fingerprint density at radius 2 is 2.18 bits per heavy atom. The number of rotatable bonds is 3. The lowest BCUT2D eigenvalue weighted by atomic mass is 10.1. The van der Waals surface area contributed by atoms with E-state index >= 15 is 0 Å². The van der Waals surface area contributed by atoms with E-state index in [2.05, 4.69) is 16.2 Å². The van der Waals surface area contributed by atoms with Gasteiger partial charge in [0.25, 0.3) is 0 Å². The number of anilines is 1. The molecule has 0 aliphatic heterocycles. The van der Waals surface area contributed by atoms with Crippen LogP contribution in [0.15, 0.2) is 35.7 Å². The Morgan fingerprint density at radius 3 is 2.82 bits per heavy atom. The number of thiazole rings is 1. The monoisotopic (exact) mass is 242 g/mol. The largest absolute Gasteiger partial charge is 0.310 e. The third-order valence-corrected chi connectivity index (χ3v) is 2.88. The summed E-state index contributed by atoms with van der Waals surface area (Å²) in [6, 6.07) is 9.55. The van der Waals surface area contributed by atoms with Crippen molar-refractivity contribution in [2.24, 2.45) is 0 Å². The maximum atomic E-state index is 11.7. The van der Waals surface area contributed by atoms with Gasteiger partial charge in [-0.3, -0.25) is 4.79 Å². The minimum absolute atomic E-state index is 0.0925. The van der Waals surface area contributed by atoms with Crippen LogP contribution in [0.25, 0.3) is 0 Å². The van der Waals surface area contributed by atoms with Gasteiger partial charge in [0.05, 0.1) is 6.42 Å². The Labute approximate surface area is 104 Å². The molecule has 1 N–H and O–H groups in total. The van der Waals surface area contributed by atoms with Gasteiger partial charge in [0.15, 0.2) is 5.01 Å². The molecule has 17 heavy (non-hydrogen) atoms. The van der Waals surface area contributed by atoms with Crippen LogP contribution in [-0.4, -0.2) is 10.9 Å². The summed E-state index contributed by atoms with van der Waals surface area (Å²) in [7, 11) is 0. The molecule has 0 bridgehead atoms. The fourth-order valence-corrected chi connectivity index (χ4v) is 1.92. The van der Waals surface area contributed by atoms with Crippen LogP contribution in [0.2, 0.25) is 0 Å². The van der Waals surface area contributed by atoms with Gasteiger partial charge in [0, 0.05) is 5.38 Å². The molecule has 0 saturated heterocycles. The van der Waals surface area contributed by atoms with Crippen molar-refractivity contribution in [1.82, 2.24) is 4.98 Å². The van der Waals surface area contributed by atoms with Gasteiger partial charge >= 0.3 is 0 Å². The molecule has 4 heteroatoms. The Balaban J connectivity index is 1.96. The van der Waals surface area contributed by atoms with Gasteiger partial charge in [-0.1, -0.05) is 30.3 Å². The first kappa shape index (κ1) is 11.4. The van der Waals surface area contributed by atoms with E-state index in [0.717, 1.165) is 5.56 Å². The highest BCUT2D eigenvalue weighted by Crippen LogP contribution is 2.13. The molecule has 0 unspecified atom stereocenters. The van der Waals surface area contributed by atoms with Crippen molar-refractivity contribution in [2.45, 2.75) is 6.42 Å². The summed E-state index contributed by atoms with van der Waals surface area (Å²) >= 11 is 1.34. The summed E-state index contributed by atoms with van der Waals surface area (Å²) < 4.78 is 0. The molecule has 0 radical (unpaired) electrons. The van der Waals surface area contributed by atoms with Gasteiger partial charge in [0.2, 0.25) is 5.91 Å². The quantitative estimate of drug-likeness (QED) is 0.839. The molecule has 1 amide bonds. The van der Waals surface area contributed by atoms with E-state index in [1.165, 1.54) is 11.3 Å². The summed E-state index contributed by atoms with van der Waals surface area (Å²) in [5.41, 5.74) is 0.970. The summed E-state index contributed by atoms with van der Waals surface area (Å²) in [6.07, 6.45) is 5.54. The molecule has 0 spiro atoms. The maximum Gasteiger partial charge on any atom is 0.229 e. The van der Waals surface area contributed by atoms with E-state index in [-0.39, 0.29) is 5.91 Å².